The van der Waals surface area contributed by atoms with Gasteiger partial charge in [0.15, 0.2) is 0 Å². The summed E-state index contributed by atoms with van der Waals surface area (Å²) in [6, 6.07) is 12.9. The Morgan fingerprint density at radius 3 is 2.50 bits per heavy atom. The van der Waals surface area contributed by atoms with Crippen LogP contribution in [0, 0.1) is 0 Å². The first-order valence-corrected chi connectivity index (χ1v) is 12.9. The van der Waals surface area contributed by atoms with Crippen LogP contribution in [-0.4, -0.2) is 53.4 Å². The van der Waals surface area contributed by atoms with E-state index >= 15 is 0 Å². The Labute approximate surface area is 210 Å². The van der Waals surface area contributed by atoms with E-state index in [0.717, 1.165) is 56.4 Å². The first kappa shape index (κ1) is 24.7. The Hall–Kier alpha value is -2.98. The number of para-hydroxylation sites is 1. The van der Waals surface area contributed by atoms with Crippen LogP contribution in [0.15, 0.2) is 48.5 Å². The molecule has 190 valence electrons. The average molecular weight is 517 g/mol. The summed E-state index contributed by atoms with van der Waals surface area (Å²) in [5, 5.41) is 6.52. The molecule has 2 N–H and O–H groups in total. The van der Waals surface area contributed by atoms with Crippen molar-refractivity contribution in [1.29, 1.82) is 0 Å². The average Bonchev–Trinajstić information content (AvgIpc) is 3.28. The number of thiazole rings is 1. The van der Waals surface area contributed by atoms with Gasteiger partial charge in [-0.3, -0.25) is 14.5 Å². The van der Waals surface area contributed by atoms with Crippen LogP contribution in [0.5, 0.6) is 0 Å². The van der Waals surface area contributed by atoms with E-state index in [-0.39, 0.29) is 24.1 Å². The number of benzene rings is 2. The second kappa shape index (κ2) is 10.2. The SMILES string of the molecule is O=C(CNC(=O)c1cccc(C(F)(F)F)c1)NC1CN(C2CCC(c3nc4ccccc4s3)CC2)C1. The number of aromatic nitrogens is 1. The summed E-state index contributed by atoms with van der Waals surface area (Å²) in [4.78, 5) is 31.6. The number of carbonyl (C=O) groups is 2. The standard InChI is InChI=1S/C26H27F3N4O2S/c27-26(28,29)18-5-3-4-17(12-18)24(35)30-13-23(34)31-19-14-33(15-19)20-10-8-16(9-11-20)25-32-21-6-1-2-7-22(21)36-25/h1-7,12,16,19-20H,8-11,13-15H2,(H,30,35)(H,31,34). The maximum Gasteiger partial charge on any atom is 0.416 e. The first-order valence-electron chi connectivity index (χ1n) is 12.1. The van der Waals surface area contributed by atoms with Crippen LogP contribution in [0.3, 0.4) is 0 Å². The summed E-state index contributed by atoms with van der Waals surface area (Å²) >= 11 is 1.80. The Morgan fingerprint density at radius 1 is 1.03 bits per heavy atom. The quantitative estimate of drug-likeness (QED) is 0.503. The molecule has 1 saturated heterocycles. The molecular formula is C26H27F3N4O2S. The van der Waals surface area contributed by atoms with Gasteiger partial charge in [0.25, 0.3) is 5.91 Å². The molecule has 10 heteroatoms. The fourth-order valence-electron chi connectivity index (χ4n) is 5.03. The van der Waals surface area contributed by atoms with Gasteiger partial charge in [0.2, 0.25) is 5.91 Å². The van der Waals surface area contributed by atoms with Crippen molar-refractivity contribution in [3.8, 4) is 0 Å². The molecule has 0 radical (unpaired) electrons. The van der Waals surface area contributed by atoms with Gasteiger partial charge < -0.3 is 10.6 Å². The number of halogens is 3. The summed E-state index contributed by atoms with van der Waals surface area (Å²) in [5.41, 5.74) is 0.0455. The van der Waals surface area contributed by atoms with Crippen molar-refractivity contribution in [2.75, 3.05) is 19.6 Å². The molecule has 0 unspecified atom stereocenters. The normalized spacial score (nSPS) is 21.2. The third-order valence-electron chi connectivity index (χ3n) is 7.01. The summed E-state index contributed by atoms with van der Waals surface area (Å²) in [6.45, 7) is 1.26. The number of nitrogens with zero attached hydrogens (tertiary/aromatic N) is 2. The number of likely N-dealkylation sites (tertiary alicyclic amines) is 1. The Kier molecular flexibility index (Phi) is 6.98. The zero-order chi connectivity index (χ0) is 25.3. The third kappa shape index (κ3) is 5.54. The van der Waals surface area contributed by atoms with Crippen molar-refractivity contribution in [1.82, 2.24) is 20.5 Å². The van der Waals surface area contributed by atoms with Crippen molar-refractivity contribution in [3.05, 3.63) is 64.7 Å². The van der Waals surface area contributed by atoms with E-state index in [1.54, 1.807) is 11.3 Å². The second-order valence-electron chi connectivity index (χ2n) is 9.50. The highest BCUT2D eigenvalue weighted by Gasteiger charge is 2.36. The highest BCUT2D eigenvalue weighted by molar-refractivity contribution is 7.18. The van der Waals surface area contributed by atoms with E-state index in [1.165, 1.54) is 21.8 Å². The molecular weight excluding hydrogens is 489 g/mol. The van der Waals surface area contributed by atoms with Crippen molar-refractivity contribution >= 4 is 33.4 Å². The minimum absolute atomic E-state index is 0.0185. The van der Waals surface area contributed by atoms with Gasteiger partial charge in [0.1, 0.15) is 0 Å². The molecule has 2 fully saturated rings. The molecule has 2 aliphatic rings. The monoisotopic (exact) mass is 516 g/mol. The predicted octanol–water partition coefficient (Wildman–Crippen LogP) is 4.57. The van der Waals surface area contributed by atoms with Crippen LogP contribution in [0.2, 0.25) is 0 Å². The molecule has 2 amide bonds. The molecule has 6 nitrogen and oxygen atoms in total. The number of rotatable bonds is 6. The molecule has 1 aromatic heterocycles. The lowest BCUT2D eigenvalue weighted by molar-refractivity contribution is -0.137. The van der Waals surface area contributed by atoms with Crippen LogP contribution in [0.1, 0.15) is 52.5 Å². The lowest BCUT2D eigenvalue weighted by Crippen LogP contribution is -2.63. The van der Waals surface area contributed by atoms with Crippen LogP contribution >= 0.6 is 11.3 Å². The maximum atomic E-state index is 12.8. The van der Waals surface area contributed by atoms with E-state index in [2.05, 4.69) is 27.7 Å². The van der Waals surface area contributed by atoms with E-state index < -0.39 is 17.6 Å². The van der Waals surface area contributed by atoms with Crippen molar-refractivity contribution in [2.24, 2.45) is 0 Å². The highest BCUT2D eigenvalue weighted by atomic mass is 32.1. The number of nitrogens with one attached hydrogen (secondary N) is 2. The highest BCUT2D eigenvalue weighted by Crippen LogP contribution is 2.39. The van der Waals surface area contributed by atoms with Crippen molar-refractivity contribution < 1.29 is 22.8 Å². The predicted molar refractivity (Wildman–Crippen MR) is 132 cm³/mol. The fraction of sp³-hybridized carbons (Fsp3) is 0.423. The van der Waals surface area contributed by atoms with Crippen molar-refractivity contribution in [2.45, 2.75) is 49.9 Å². The number of alkyl halides is 3. The lowest BCUT2D eigenvalue weighted by atomic mass is 9.84. The number of amides is 2. The van der Waals surface area contributed by atoms with Crippen molar-refractivity contribution in [3.63, 3.8) is 0 Å². The zero-order valence-electron chi connectivity index (χ0n) is 19.6. The number of hydrogen-bond acceptors (Lipinski definition) is 5. The Bertz CT molecular complexity index is 1210. The van der Waals surface area contributed by atoms with Gasteiger partial charge in [-0.05, 0) is 56.0 Å². The van der Waals surface area contributed by atoms with Gasteiger partial charge in [-0.2, -0.15) is 13.2 Å². The molecule has 0 spiro atoms. The van der Waals surface area contributed by atoms with E-state index in [0.29, 0.717) is 12.0 Å². The van der Waals surface area contributed by atoms with E-state index in [9.17, 15) is 22.8 Å². The van der Waals surface area contributed by atoms with Crippen LogP contribution in [0.4, 0.5) is 13.2 Å². The van der Waals surface area contributed by atoms with Gasteiger partial charge >= 0.3 is 6.18 Å². The maximum absolute atomic E-state index is 12.8. The summed E-state index contributed by atoms with van der Waals surface area (Å²) in [5.74, 6) is -0.549. The largest absolute Gasteiger partial charge is 0.416 e. The molecule has 1 aliphatic carbocycles. The van der Waals surface area contributed by atoms with Gasteiger partial charge in [-0.25, -0.2) is 4.98 Å². The second-order valence-corrected chi connectivity index (χ2v) is 10.6. The zero-order valence-corrected chi connectivity index (χ0v) is 20.4. The molecule has 1 aliphatic heterocycles. The molecule has 36 heavy (non-hydrogen) atoms. The molecule has 0 bridgehead atoms. The summed E-state index contributed by atoms with van der Waals surface area (Å²) in [7, 11) is 0. The van der Waals surface area contributed by atoms with Gasteiger partial charge in [-0.15, -0.1) is 11.3 Å². The molecule has 5 rings (SSSR count). The van der Waals surface area contributed by atoms with E-state index in [1.807, 2.05) is 12.1 Å². The fourth-order valence-corrected chi connectivity index (χ4v) is 6.17. The minimum Gasteiger partial charge on any atom is -0.349 e. The molecule has 2 heterocycles. The smallest absolute Gasteiger partial charge is 0.349 e. The summed E-state index contributed by atoms with van der Waals surface area (Å²) in [6.07, 6.45) is -0.0969. The van der Waals surface area contributed by atoms with Crippen LogP contribution in [-0.2, 0) is 11.0 Å². The number of fused-ring (bicyclic) bond motifs is 1. The molecule has 0 atom stereocenters. The van der Waals surface area contributed by atoms with Crippen LogP contribution in [0.25, 0.3) is 10.2 Å². The summed E-state index contributed by atoms with van der Waals surface area (Å²) < 4.78 is 39.7. The van der Waals surface area contributed by atoms with Gasteiger partial charge in [-0.1, -0.05) is 18.2 Å². The van der Waals surface area contributed by atoms with Gasteiger partial charge in [0.05, 0.1) is 33.4 Å². The minimum atomic E-state index is -4.53. The van der Waals surface area contributed by atoms with Gasteiger partial charge in [0, 0.05) is 30.6 Å². The Morgan fingerprint density at radius 2 is 1.78 bits per heavy atom. The topological polar surface area (TPSA) is 74.3 Å². The van der Waals surface area contributed by atoms with E-state index in [4.69, 9.17) is 4.98 Å². The molecule has 3 aromatic rings. The lowest BCUT2D eigenvalue weighted by Gasteiger charge is -2.46. The Balaban J connectivity index is 1.02. The van der Waals surface area contributed by atoms with Crippen LogP contribution < -0.4 is 10.6 Å². The third-order valence-corrected chi connectivity index (χ3v) is 8.21. The molecule has 1 saturated carbocycles. The number of carbonyl (C=O) groups excluding carboxylic acids is 2. The number of hydrogen-bond donors (Lipinski definition) is 2. The first-order chi connectivity index (χ1) is 17.3. The molecule has 2 aromatic carbocycles.